The summed E-state index contributed by atoms with van der Waals surface area (Å²) < 4.78 is 30.9. The van der Waals surface area contributed by atoms with Gasteiger partial charge in [0.25, 0.3) is 5.56 Å². The Morgan fingerprint density at radius 3 is 2.57 bits per heavy atom. The smallest absolute Gasteiger partial charge is 0.406 e. The van der Waals surface area contributed by atoms with Gasteiger partial charge in [0.05, 0.1) is 12.9 Å². The highest BCUT2D eigenvalue weighted by molar-refractivity contribution is 7.32. The van der Waals surface area contributed by atoms with Gasteiger partial charge in [-0.25, -0.2) is 4.98 Å². The van der Waals surface area contributed by atoms with Crippen LogP contribution in [0.3, 0.4) is 0 Å². The van der Waals surface area contributed by atoms with E-state index in [9.17, 15) is 24.2 Å². The molecule has 5 atom stereocenters. The number of rotatable bonds is 8. The van der Waals surface area contributed by atoms with E-state index in [2.05, 4.69) is 20.3 Å². The van der Waals surface area contributed by atoms with E-state index >= 15 is 0 Å². The molecule has 2 aromatic rings. The van der Waals surface area contributed by atoms with Crippen LogP contribution in [0.25, 0.3) is 11.2 Å². The molecule has 0 aliphatic carbocycles. The second-order valence-corrected chi connectivity index (χ2v) is 15.7. The predicted molar refractivity (Wildman–Crippen MR) is 129 cm³/mol. The average Bonchev–Trinajstić information content (AvgIpc) is 3.28. The Balaban J connectivity index is 2.11. The van der Waals surface area contributed by atoms with Crippen molar-refractivity contribution in [1.82, 2.24) is 19.5 Å². The monoisotopic (exact) mass is 530 g/mol. The molecule has 3 heterocycles. The van der Waals surface area contributed by atoms with Crippen molar-refractivity contribution >= 4 is 39.6 Å². The van der Waals surface area contributed by atoms with Crippen molar-refractivity contribution in [2.75, 3.05) is 11.9 Å². The molecule has 1 saturated heterocycles. The number of fused-ring (bicyclic) bond motifs is 1. The zero-order chi connectivity index (χ0) is 26.3. The highest BCUT2D eigenvalue weighted by atomic mass is 31.1. The number of carbonyl (C=O) groups is 1. The maximum atomic E-state index is 12.6. The Hall–Kier alpha value is -2.06. The minimum absolute atomic E-state index is 0.000346. The zero-order valence-corrected chi connectivity index (χ0v) is 22.7. The number of aromatic nitrogens is 4. The first-order valence-corrected chi connectivity index (χ1v) is 15.2. The number of H-pyrrole nitrogens is 1. The number of aromatic amines is 1. The summed E-state index contributed by atoms with van der Waals surface area (Å²) >= 11 is 0. The van der Waals surface area contributed by atoms with E-state index in [1.807, 2.05) is 33.9 Å². The van der Waals surface area contributed by atoms with Gasteiger partial charge in [0.1, 0.15) is 12.2 Å². The lowest BCUT2D eigenvalue weighted by molar-refractivity contribution is -0.118. The van der Waals surface area contributed by atoms with Crippen LogP contribution < -0.4 is 10.9 Å². The molecule has 2 unspecified atom stereocenters. The number of nitrogens with zero attached hydrogens (tertiary/aromatic N) is 3. The summed E-state index contributed by atoms with van der Waals surface area (Å²) in [5.74, 6) is -0.742. The number of hydrogen-bond donors (Lipinski definition) is 4. The lowest BCUT2D eigenvalue weighted by atomic mass is 10.1. The van der Waals surface area contributed by atoms with Gasteiger partial charge in [-0.2, -0.15) is 4.98 Å². The Bertz CT molecular complexity index is 1160. The molecule has 15 heteroatoms. The molecular weight excluding hydrogens is 497 g/mol. The summed E-state index contributed by atoms with van der Waals surface area (Å²) in [6.45, 7) is 13.0. The zero-order valence-electron chi connectivity index (χ0n) is 20.8. The number of aliphatic hydroxyl groups is 1. The lowest BCUT2D eigenvalue weighted by Gasteiger charge is -2.40. The third-order valence-electron chi connectivity index (χ3n) is 6.39. The molecule has 35 heavy (non-hydrogen) atoms. The van der Waals surface area contributed by atoms with Gasteiger partial charge in [0.15, 0.2) is 31.8 Å². The van der Waals surface area contributed by atoms with E-state index in [-0.39, 0.29) is 34.0 Å². The number of amides is 1. The second-order valence-electron chi connectivity index (χ2n) is 10.3. The van der Waals surface area contributed by atoms with Gasteiger partial charge in [-0.15, -0.1) is 9.42 Å². The number of anilines is 1. The largest absolute Gasteiger partial charge is 0.695 e. The van der Waals surface area contributed by atoms with Gasteiger partial charge >= 0.3 is 8.25 Å². The van der Waals surface area contributed by atoms with Gasteiger partial charge in [-0.1, -0.05) is 34.6 Å². The summed E-state index contributed by atoms with van der Waals surface area (Å²) in [6.07, 6.45) is -2.64. The minimum Gasteiger partial charge on any atom is -0.406 e. The Labute approximate surface area is 204 Å². The number of imidazole rings is 1. The normalized spacial score (nSPS) is 23.8. The molecule has 1 amide bonds. The fourth-order valence-electron chi connectivity index (χ4n) is 3.39. The van der Waals surface area contributed by atoms with Crippen LogP contribution in [0.2, 0.25) is 18.1 Å². The van der Waals surface area contributed by atoms with E-state index in [4.69, 9.17) is 13.7 Å². The van der Waals surface area contributed by atoms with Crippen LogP contribution in [0.5, 0.6) is 0 Å². The van der Waals surface area contributed by atoms with Crippen LogP contribution in [0, 0.1) is 5.92 Å². The van der Waals surface area contributed by atoms with Gasteiger partial charge in [-0.3, -0.25) is 24.5 Å². The molecule has 13 nitrogen and oxygen atoms in total. The second kappa shape index (κ2) is 10.1. The maximum Gasteiger partial charge on any atom is 0.695 e. The first-order valence-electron chi connectivity index (χ1n) is 11.2. The molecule has 194 valence electrons. The van der Waals surface area contributed by atoms with Crippen LogP contribution in [0.1, 0.15) is 40.8 Å². The predicted octanol–water partition coefficient (Wildman–Crippen LogP) is 2.03. The molecule has 0 saturated carbocycles. The molecule has 1 aliphatic rings. The van der Waals surface area contributed by atoms with Crippen molar-refractivity contribution in [2.24, 2.45) is 5.92 Å². The topological polar surface area (TPSA) is 178 Å². The Morgan fingerprint density at radius 2 is 2.03 bits per heavy atom. The van der Waals surface area contributed by atoms with Crippen LogP contribution in [-0.4, -0.2) is 68.7 Å². The summed E-state index contributed by atoms with van der Waals surface area (Å²) in [5, 5.41) is 12.3. The number of hydrogen-bond acceptors (Lipinski definition) is 9. The minimum atomic E-state index is -3.03. The average molecular weight is 531 g/mol. The highest BCUT2D eigenvalue weighted by Crippen LogP contribution is 2.44. The molecule has 2 aromatic heterocycles. The third-order valence-corrected chi connectivity index (χ3v) is 11.3. The van der Waals surface area contributed by atoms with E-state index in [1.165, 1.54) is 10.9 Å². The summed E-state index contributed by atoms with van der Waals surface area (Å²) in [6, 6.07) is 0. The molecule has 0 bridgehead atoms. The van der Waals surface area contributed by atoms with Gasteiger partial charge in [-0.05, 0) is 18.1 Å². The fraction of sp³-hybridized carbons (Fsp3) is 0.700. The van der Waals surface area contributed by atoms with Crippen molar-refractivity contribution in [3.63, 3.8) is 0 Å². The van der Waals surface area contributed by atoms with Crippen molar-refractivity contribution in [3.8, 4) is 0 Å². The van der Waals surface area contributed by atoms with Crippen molar-refractivity contribution in [2.45, 2.75) is 77.3 Å². The maximum absolute atomic E-state index is 12.6. The van der Waals surface area contributed by atoms with Crippen LogP contribution in [0.15, 0.2) is 11.1 Å². The van der Waals surface area contributed by atoms with Crippen molar-refractivity contribution in [3.05, 3.63) is 16.7 Å². The van der Waals surface area contributed by atoms with Gasteiger partial charge in [0.2, 0.25) is 11.9 Å². The van der Waals surface area contributed by atoms with E-state index < -0.39 is 53.3 Å². The molecular formula is C20H33N5O8PSi+. The van der Waals surface area contributed by atoms with E-state index in [0.717, 1.165) is 0 Å². The van der Waals surface area contributed by atoms with Gasteiger partial charge < -0.3 is 14.3 Å². The van der Waals surface area contributed by atoms with Gasteiger partial charge in [0, 0.05) is 10.5 Å². The van der Waals surface area contributed by atoms with E-state index in [0.29, 0.717) is 0 Å². The summed E-state index contributed by atoms with van der Waals surface area (Å²) in [4.78, 5) is 45.2. The Kier molecular flexibility index (Phi) is 7.96. The molecule has 1 aliphatic heterocycles. The number of nitrogens with one attached hydrogen (secondary N) is 2. The first kappa shape index (κ1) is 27.5. The molecule has 1 fully saturated rings. The molecule has 0 spiro atoms. The fourth-order valence-corrected chi connectivity index (χ4v) is 5.13. The molecule has 0 radical (unpaired) electrons. The number of ether oxygens (including phenoxy) is 1. The molecule has 3 rings (SSSR count). The lowest BCUT2D eigenvalue weighted by Crippen LogP contribution is -2.49. The Morgan fingerprint density at radius 1 is 1.37 bits per heavy atom. The quantitative estimate of drug-likeness (QED) is 0.291. The van der Waals surface area contributed by atoms with Crippen molar-refractivity contribution < 1.29 is 33.0 Å². The summed E-state index contributed by atoms with van der Waals surface area (Å²) in [7, 11) is -5.51. The van der Waals surface area contributed by atoms with Crippen LogP contribution in [-0.2, 0) is 23.0 Å². The molecule has 4 N–H and O–H groups in total. The SMILES string of the molecule is CC(C)C(=O)Nc1nc2c(ncn2[C@@H]2O[C@H](CO)[C@@H](O[P+](=O)O)C2O[Si](C)(C)C(C)(C)C)c(=O)[nH]1. The van der Waals surface area contributed by atoms with Crippen molar-refractivity contribution in [1.29, 1.82) is 0 Å². The standard InChI is InChI=1S/C20H32N5O8PSi/c1-10(2)16(27)23-19-22-15-12(17(28)24-19)21-9-25(15)18-14(33-35(6,7)20(3,4)5)13(32-34(29)30)11(8-26)31-18/h9-11,13-14,18,26H,8H2,1-7H3,(H2-,22,23,24,27,28,29,30)/p+1/t11-,13-,14?,18-/m1/s1. The number of carbonyl (C=O) groups excluding carboxylic acids is 1. The highest BCUT2D eigenvalue weighted by Gasteiger charge is 2.54. The first-order chi connectivity index (χ1) is 16.2. The number of aliphatic hydroxyl groups excluding tert-OH is 1. The van der Waals surface area contributed by atoms with Crippen LogP contribution >= 0.6 is 8.25 Å². The molecule has 0 aromatic carbocycles. The van der Waals surface area contributed by atoms with Crippen LogP contribution in [0.4, 0.5) is 5.95 Å². The summed E-state index contributed by atoms with van der Waals surface area (Å²) in [5.41, 5.74) is -0.467. The third kappa shape index (κ3) is 5.69. The van der Waals surface area contributed by atoms with E-state index in [1.54, 1.807) is 13.8 Å².